The molecule has 1 aliphatic heterocycles. The van der Waals surface area contributed by atoms with Crippen LogP contribution in [-0.4, -0.2) is 42.0 Å². The first-order valence-electron chi connectivity index (χ1n) is 9.78. The highest BCUT2D eigenvalue weighted by Crippen LogP contribution is 3.02. The minimum absolute atomic E-state index is 0.0744. The molecule has 1 aromatic carbocycles. The number of halogens is 5. The van der Waals surface area contributed by atoms with Gasteiger partial charge in [0.2, 0.25) is 0 Å². The minimum Gasteiger partial charge on any atom is -0.374 e. The highest BCUT2D eigenvalue weighted by atomic mass is 32.5. The molecular weight excluding hydrogens is 460 g/mol. The molecular formula is C18H25BF5N3O4S. The molecule has 2 rings (SSSR count). The van der Waals surface area contributed by atoms with Crippen molar-refractivity contribution in [2.45, 2.75) is 56.4 Å². The van der Waals surface area contributed by atoms with E-state index in [0.717, 1.165) is 0 Å². The van der Waals surface area contributed by atoms with Gasteiger partial charge in [0.25, 0.3) is 18.5 Å². The summed E-state index contributed by atoms with van der Waals surface area (Å²) < 4.78 is 69.8. The fourth-order valence-electron chi connectivity index (χ4n) is 3.19. The summed E-state index contributed by atoms with van der Waals surface area (Å²) in [4.78, 5) is 22.5. The van der Waals surface area contributed by atoms with Crippen molar-refractivity contribution in [1.82, 2.24) is 10.8 Å². The molecule has 2 amide bonds. The van der Waals surface area contributed by atoms with Crippen molar-refractivity contribution in [1.29, 1.82) is 5.26 Å². The van der Waals surface area contributed by atoms with Crippen molar-refractivity contribution in [3.8, 4) is 5.97 Å². The fourth-order valence-corrected chi connectivity index (χ4v) is 3.84. The second kappa shape index (κ2) is 9.25. The smallest absolute Gasteiger partial charge is 0.310 e. The lowest BCUT2D eigenvalue weighted by Crippen LogP contribution is -2.67. The van der Waals surface area contributed by atoms with E-state index < -0.39 is 50.9 Å². The Bertz CT molecular complexity index is 872. The third kappa shape index (κ3) is 6.57. The second-order valence-corrected chi connectivity index (χ2v) is 9.43. The monoisotopic (exact) mass is 485 g/mol. The summed E-state index contributed by atoms with van der Waals surface area (Å²) in [5.74, 6) is -0.105. The number of rotatable bonds is 8. The zero-order valence-electron chi connectivity index (χ0n) is 17.7. The van der Waals surface area contributed by atoms with Crippen LogP contribution in [0.5, 0.6) is 0 Å². The number of nitrogens with one attached hydrogen (secondary N) is 2. The second-order valence-electron chi connectivity index (χ2n) is 7.02. The van der Waals surface area contributed by atoms with Crippen LogP contribution in [0.2, 0.25) is 12.6 Å². The largest absolute Gasteiger partial charge is 0.374 e. The Hall–Kier alpha value is -2.37. The average Bonchev–Trinajstić information content (AvgIpc) is 2.71. The molecule has 1 heterocycles. The summed E-state index contributed by atoms with van der Waals surface area (Å²) in [6, 6.07) is -0.211. The van der Waals surface area contributed by atoms with Crippen molar-refractivity contribution in [3.63, 3.8) is 0 Å². The van der Waals surface area contributed by atoms with Crippen molar-refractivity contribution in [3.05, 3.63) is 29.8 Å². The van der Waals surface area contributed by atoms with Gasteiger partial charge in [-0.1, -0.05) is 40.2 Å². The lowest BCUT2D eigenvalue weighted by molar-refractivity contribution is -0.141. The molecule has 1 aliphatic rings. The maximum Gasteiger partial charge on any atom is 0.310 e. The van der Waals surface area contributed by atoms with Crippen LogP contribution in [0.25, 0.3) is 0 Å². The number of carbonyl (C=O) groups excluding carboxylic acids is 2. The van der Waals surface area contributed by atoms with Gasteiger partial charge in [0.15, 0.2) is 0 Å². The van der Waals surface area contributed by atoms with E-state index in [1.165, 1.54) is 5.48 Å². The zero-order valence-corrected chi connectivity index (χ0v) is 18.5. The molecule has 1 aromatic rings. The van der Waals surface area contributed by atoms with E-state index >= 15 is 0 Å². The summed E-state index contributed by atoms with van der Waals surface area (Å²) in [6.07, 6.45) is 0.701. The third-order valence-corrected chi connectivity index (χ3v) is 5.86. The first kappa shape index (κ1) is 27.7. The van der Waals surface area contributed by atoms with Crippen LogP contribution in [0.3, 0.4) is 0 Å². The van der Waals surface area contributed by atoms with Crippen LogP contribution in [0.15, 0.2) is 29.2 Å². The van der Waals surface area contributed by atoms with Gasteiger partial charge >= 0.3 is 10.2 Å². The van der Waals surface area contributed by atoms with E-state index in [-0.39, 0.29) is 31.4 Å². The molecule has 180 valence electrons. The van der Waals surface area contributed by atoms with Gasteiger partial charge < -0.3 is 10.1 Å². The third-order valence-electron chi connectivity index (χ3n) is 4.70. The molecule has 0 aromatic heterocycles. The highest BCUT2D eigenvalue weighted by molar-refractivity contribution is 8.45. The van der Waals surface area contributed by atoms with Crippen molar-refractivity contribution in [2.24, 2.45) is 0 Å². The normalized spacial score (nSPS) is 17.8. The summed E-state index contributed by atoms with van der Waals surface area (Å²) in [6.45, 7) is 5.51. The van der Waals surface area contributed by atoms with E-state index in [0.29, 0.717) is 18.6 Å². The molecule has 32 heavy (non-hydrogen) atoms. The molecule has 1 unspecified atom stereocenters. The van der Waals surface area contributed by atoms with Crippen molar-refractivity contribution in [2.75, 3.05) is 6.61 Å². The molecule has 14 heteroatoms. The number of carbonyl (C=O) groups is 2. The number of hydroxylamine groups is 1. The lowest BCUT2D eigenvalue weighted by Gasteiger charge is -2.47. The van der Waals surface area contributed by atoms with E-state index in [1.54, 1.807) is 6.92 Å². The van der Waals surface area contributed by atoms with Gasteiger partial charge in [-0.2, -0.15) is 0 Å². The van der Waals surface area contributed by atoms with Crippen LogP contribution in [-0.2, 0) is 9.53 Å². The van der Waals surface area contributed by atoms with Gasteiger partial charge in [-0.25, -0.2) is 10.7 Å². The van der Waals surface area contributed by atoms with Crippen molar-refractivity contribution >= 4 is 28.8 Å². The average molecular weight is 485 g/mol. The summed E-state index contributed by atoms with van der Waals surface area (Å²) in [7, 11) is -9.89. The van der Waals surface area contributed by atoms with Crippen molar-refractivity contribution < 1.29 is 39.0 Å². The van der Waals surface area contributed by atoms with Gasteiger partial charge in [-0.15, -0.1) is 0 Å². The Labute approximate surface area is 183 Å². The highest BCUT2D eigenvalue weighted by Gasteiger charge is 2.65. The van der Waals surface area contributed by atoms with E-state index in [4.69, 9.17) is 15.2 Å². The first-order valence-corrected chi connectivity index (χ1v) is 11.7. The van der Waals surface area contributed by atoms with Gasteiger partial charge in [0.05, 0.1) is 5.60 Å². The molecule has 0 aliphatic carbocycles. The van der Waals surface area contributed by atoms with Gasteiger partial charge in [-0.3, -0.25) is 14.8 Å². The maximum atomic E-state index is 12.8. The molecule has 1 atom stereocenters. The van der Waals surface area contributed by atoms with E-state index in [2.05, 4.69) is 5.32 Å². The molecule has 0 spiro atoms. The van der Waals surface area contributed by atoms with Crippen LogP contribution < -0.4 is 10.8 Å². The number of amides is 2. The standard InChI is InChI=1S/C16H19BF5N3O4S.C2H6/c1-2-7-29-16(8-17(9-16)10-23)13(15(27)25-28)24-14(26)11-3-5-12(6-4-11)30(18,19,20,21)22;1-2/h3-6,13,28H,2,7-9H2,1H3,(H,24,26)(H,25,27);1-2H3. The zero-order chi connectivity index (χ0) is 24.9. The molecule has 7 nitrogen and oxygen atoms in total. The Balaban J connectivity index is 0.00000249. The number of nitriles is 1. The van der Waals surface area contributed by atoms with E-state index in [9.17, 15) is 29.0 Å². The predicted molar refractivity (Wildman–Crippen MR) is 110 cm³/mol. The molecule has 1 fully saturated rings. The van der Waals surface area contributed by atoms with Crippen LogP contribution in [0.4, 0.5) is 19.4 Å². The fraction of sp³-hybridized carbons (Fsp3) is 0.500. The van der Waals surface area contributed by atoms with Crippen LogP contribution >= 0.6 is 10.2 Å². The molecule has 0 bridgehead atoms. The molecule has 0 radical (unpaired) electrons. The Kier molecular flexibility index (Phi) is 7.99. The Morgan fingerprint density at radius 2 is 1.75 bits per heavy atom. The minimum atomic E-state index is -9.89. The quantitative estimate of drug-likeness (QED) is 0.214. The molecule has 1 saturated heterocycles. The Morgan fingerprint density at radius 3 is 2.16 bits per heavy atom. The van der Waals surface area contributed by atoms with Crippen LogP contribution in [0, 0.1) is 11.2 Å². The number of ether oxygens (including phenoxy) is 1. The number of hydrogen-bond acceptors (Lipinski definition) is 5. The van der Waals surface area contributed by atoms with Gasteiger partial charge in [0, 0.05) is 18.1 Å². The first-order chi connectivity index (χ1) is 14.7. The number of benzene rings is 1. The van der Waals surface area contributed by atoms with E-state index in [1.807, 2.05) is 19.8 Å². The lowest BCUT2D eigenvalue weighted by atomic mass is 9.29. The summed E-state index contributed by atoms with van der Waals surface area (Å²) >= 11 is 0. The maximum absolute atomic E-state index is 12.8. The van der Waals surface area contributed by atoms with Gasteiger partial charge in [0.1, 0.15) is 10.9 Å². The van der Waals surface area contributed by atoms with Crippen LogP contribution in [0.1, 0.15) is 37.6 Å². The van der Waals surface area contributed by atoms with Gasteiger partial charge in [-0.05, 0) is 43.3 Å². The predicted octanol–water partition coefficient (Wildman–Crippen LogP) is 4.71. The summed E-state index contributed by atoms with van der Waals surface area (Å²) in [5.41, 5.74) is -0.337. The number of nitrogens with zero attached hydrogens (tertiary/aromatic N) is 1. The topological polar surface area (TPSA) is 111 Å². The molecule has 0 saturated carbocycles. The number of hydrogen-bond donors (Lipinski definition) is 3. The SMILES string of the molecule is CC.CCCOC1(C(NC(=O)c2ccc(S(F)(F)(F)(F)F)cc2)C(=O)NO)CB(C#N)C1. The Morgan fingerprint density at radius 1 is 1.22 bits per heavy atom. The molecule has 3 N–H and O–H groups in total. The summed E-state index contributed by atoms with van der Waals surface area (Å²) in [5, 5.41) is 20.3.